The van der Waals surface area contributed by atoms with E-state index in [-0.39, 0.29) is 16.4 Å². The van der Waals surface area contributed by atoms with Gasteiger partial charge in [0.25, 0.3) is 25.7 Å². The number of aromatic nitrogens is 1. The molecular weight excluding hydrogens is 420 g/mol. The fourth-order valence-electron chi connectivity index (χ4n) is 2.37. The summed E-state index contributed by atoms with van der Waals surface area (Å²) in [5.74, 6) is 0.133. The minimum absolute atomic E-state index is 0.0416. The molecule has 3 aromatic rings. The predicted octanol–water partition coefficient (Wildman–Crippen LogP) is 2.59. The van der Waals surface area contributed by atoms with Crippen LogP contribution in [0.5, 0.6) is 0 Å². The molecule has 0 unspecified atom stereocenters. The fourth-order valence-corrected chi connectivity index (χ4v) is 4.61. The van der Waals surface area contributed by atoms with Crippen molar-refractivity contribution in [3.8, 4) is 0 Å². The number of pyridine rings is 1. The van der Waals surface area contributed by atoms with Gasteiger partial charge in [-0.1, -0.05) is 18.2 Å². The van der Waals surface area contributed by atoms with Crippen molar-refractivity contribution in [1.29, 1.82) is 0 Å². The molecule has 0 saturated heterocycles. The summed E-state index contributed by atoms with van der Waals surface area (Å²) in [6.45, 7) is 0. The van der Waals surface area contributed by atoms with Crippen molar-refractivity contribution < 1.29 is 21.8 Å². The number of hydrogen-bond acceptors (Lipinski definition) is 7. The van der Waals surface area contributed by atoms with Crippen LogP contribution in [0.4, 0.5) is 17.2 Å². The van der Waals surface area contributed by atoms with Gasteiger partial charge in [-0.25, -0.2) is 21.8 Å². The molecule has 0 aliphatic rings. The Bertz CT molecular complexity index is 1240. The number of rotatable bonds is 7. The van der Waals surface area contributed by atoms with E-state index in [1.165, 1.54) is 48.7 Å². The van der Waals surface area contributed by atoms with Crippen molar-refractivity contribution in [3.05, 3.63) is 83.0 Å². The molecule has 0 bridgehead atoms. The smallest absolute Gasteiger partial charge is 0.279 e. The van der Waals surface area contributed by atoms with Crippen LogP contribution >= 0.6 is 0 Å². The van der Waals surface area contributed by atoms with Gasteiger partial charge in [0, 0.05) is 18.0 Å². The van der Waals surface area contributed by atoms with Crippen molar-refractivity contribution in [1.82, 2.24) is 4.98 Å². The number of hydrogen-bond donors (Lipinski definition) is 2. The van der Waals surface area contributed by atoms with E-state index in [2.05, 4.69) is 14.4 Å². The summed E-state index contributed by atoms with van der Waals surface area (Å²) >= 11 is 0. The first-order valence-corrected chi connectivity index (χ1v) is 11.0. The largest absolute Gasteiger partial charge is 0.289 e. The lowest BCUT2D eigenvalue weighted by atomic mass is 10.3. The number of nitro groups is 1. The average molecular weight is 434 g/mol. The van der Waals surface area contributed by atoms with Crippen molar-refractivity contribution in [2.75, 3.05) is 9.44 Å². The van der Waals surface area contributed by atoms with Crippen LogP contribution in [0.15, 0.2) is 82.7 Å². The van der Waals surface area contributed by atoms with E-state index in [9.17, 15) is 26.9 Å². The molecule has 29 heavy (non-hydrogen) atoms. The Labute approximate surface area is 166 Å². The first kappa shape index (κ1) is 20.2. The minimum Gasteiger partial charge on any atom is -0.279 e. The molecule has 2 N–H and O–H groups in total. The van der Waals surface area contributed by atoms with Gasteiger partial charge in [0.2, 0.25) is 0 Å². The summed E-state index contributed by atoms with van der Waals surface area (Å²) in [5, 5.41) is 11.1. The van der Waals surface area contributed by atoms with Crippen LogP contribution in [0.3, 0.4) is 0 Å². The van der Waals surface area contributed by atoms with E-state index in [0.717, 1.165) is 12.1 Å². The first-order valence-electron chi connectivity index (χ1n) is 7.99. The van der Waals surface area contributed by atoms with Crippen LogP contribution in [-0.4, -0.2) is 26.7 Å². The molecule has 10 nitrogen and oxygen atoms in total. The van der Waals surface area contributed by atoms with Gasteiger partial charge in [-0.15, -0.1) is 0 Å². The first-order chi connectivity index (χ1) is 13.7. The van der Waals surface area contributed by atoms with E-state index in [4.69, 9.17) is 0 Å². The molecule has 12 heteroatoms. The second kappa shape index (κ2) is 7.85. The number of para-hydroxylation sites is 1. The van der Waals surface area contributed by atoms with Gasteiger partial charge >= 0.3 is 0 Å². The van der Waals surface area contributed by atoms with Crippen molar-refractivity contribution in [3.63, 3.8) is 0 Å². The van der Waals surface area contributed by atoms with E-state index >= 15 is 0 Å². The topological polar surface area (TPSA) is 148 Å². The molecule has 0 atom stereocenters. The second-order valence-corrected chi connectivity index (χ2v) is 9.01. The summed E-state index contributed by atoms with van der Waals surface area (Å²) < 4.78 is 54.2. The van der Waals surface area contributed by atoms with Crippen LogP contribution in [0.2, 0.25) is 0 Å². The van der Waals surface area contributed by atoms with E-state index in [1.54, 1.807) is 12.1 Å². The Balaban J connectivity index is 1.83. The highest BCUT2D eigenvalue weighted by Crippen LogP contribution is 2.26. The number of benzene rings is 2. The van der Waals surface area contributed by atoms with Gasteiger partial charge in [-0.2, -0.15) is 0 Å². The van der Waals surface area contributed by atoms with E-state index in [0.29, 0.717) is 0 Å². The Morgan fingerprint density at radius 2 is 1.45 bits per heavy atom. The average Bonchev–Trinajstić information content (AvgIpc) is 2.68. The SMILES string of the molecule is O=[N+]([O-])c1ccccc1S(=O)(=O)Nc1ccc(S(=O)(=O)Nc2ccccn2)cc1. The number of sulfonamides is 2. The zero-order chi connectivity index (χ0) is 21.1. The van der Waals surface area contributed by atoms with Crippen molar-refractivity contribution in [2.45, 2.75) is 9.79 Å². The molecule has 3 rings (SSSR count). The summed E-state index contributed by atoms with van der Waals surface area (Å²) in [6.07, 6.45) is 1.43. The molecule has 0 amide bonds. The molecular formula is C17H14N4O6S2. The Morgan fingerprint density at radius 3 is 2.07 bits per heavy atom. The van der Waals surface area contributed by atoms with Gasteiger partial charge in [0.05, 0.1) is 9.82 Å². The highest BCUT2D eigenvalue weighted by molar-refractivity contribution is 7.93. The predicted molar refractivity (Wildman–Crippen MR) is 105 cm³/mol. The van der Waals surface area contributed by atoms with Crippen molar-refractivity contribution >= 4 is 37.2 Å². The van der Waals surface area contributed by atoms with Gasteiger partial charge in [0.15, 0.2) is 4.90 Å². The lowest BCUT2D eigenvalue weighted by Gasteiger charge is -2.10. The third kappa shape index (κ3) is 4.67. The fraction of sp³-hybridized carbons (Fsp3) is 0. The summed E-state index contributed by atoms with van der Waals surface area (Å²) in [7, 11) is -8.18. The maximum Gasteiger partial charge on any atom is 0.289 e. The molecule has 1 aromatic heterocycles. The zero-order valence-corrected chi connectivity index (χ0v) is 16.2. The molecule has 1 heterocycles. The van der Waals surface area contributed by atoms with Crippen LogP contribution < -0.4 is 9.44 Å². The van der Waals surface area contributed by atoms with Gasteiger partial charge in [-0.05, 0) is 42.5 Å². The quantitative estimate of drug-likeness (QED) is 0.429. The molecule has 0 fully saturated rings. The summed E-state index contributed by atoms with van der Waals surface area (Å²) in [4.78, 5) is 13.5. The number of nitro benzene ring substituents is 1. The zero-order valence-electron chi connectivity index (χ0n) is 14.6. The Morgan fingerprint density at radius 1 is 0.793 bits per heavy atom. The van der Waals surface area contributed by atoms with Gasteiger partial charge in [-0.3, -0.25) is 19.6 Å². The van der Waals surface area contributed by atoms with E-state index < -0.39 is 35.6 Å². The molecule has 0 saturated carbocycles. The third-order valence-corrected chi connectivity index (χ3v) is 6.47. The highest BCUT2D eigenvalue weighted by atomic mass is 32.2. The lowest BCUT2D eigenvalue weighted by Crippen LogP contribution is -2.16. The van der Waals surface area contributed by atoms with Crippen LogP contribution in [0, 0.1) is 10.1 Å². The molecule has 0 radical (unpaired) electrons. The van der Waals surface area contributed by atoms with Gasteiger partial charge in [0.1, 0.15) is 5.82 Å². The molecule has 0 aliphatic carbocycles. The Hall–Kier alpha value is -3.51. The normalized spacial score (nSPS) is 11.6. The molecule has 150 valence electrons. The number of nitrogens with one attached hydrogen (secondary N) is 2. The summed E-state index contributed by atoms with van der Waals surface area (Å²) in [5.41, 5.74) is -0.529. The molecule has 2 aromatic carbocycles. The minimum atomic E-state index is -4.25. The monoisotopic (exact) mass is 434 g/mol. The second-order valence-electron chi connectivity index (χ2n) is 5.68. The van der Waals surface area contributed by atoms with Crippen LogP contribution in [0.1, 0.15) is 0 Å². The van der Waals surface area contributed by atoms with Gasteiger partial charge < -0.3 is 0 Å². The van der Waals surface area contributed by atoms with Crippen molar-refractivity contribution in [2.24, 2.45) is 0 Å². The maximum atomic E-state index is 12.5. The number of nitrogens with zero attached hydrogens (tertiary/aromatic N) is 2. The number of anilines is 2. The maximum absolute atomic E-state index is 12.5. The standard InChI is InChI=1S/C17H14N4O6S2/c22-21(23)15-5-1-2-6-16(15)29(26,27)19-13-8-10-14(11-9-13)28(24,25)20-17-7-3-4-12-18-17/h1-12,19H,(H,18,20). The van der Waals surface area contributed by atoms with E-state index in [1.807, 2.05) is 0 Å². The lowest BCUT2D eigenvalue weighted by molar-refractivity contribution is -0.387. The summed E-state index contributed by atoms with van der Waals surface area (Å²) in [6, 6.07) is 14.5. The van der Waals surface area contributed by atoms with Crippen LogP contribution in [0.25, 0.3) is 0 Å². The molecule has 0 aliphatic heterocycles. The van der Waals surface area contributed by atoms with Crippen LogP contribution in [-0.2, 0) is 20.0 Å². The Kier molecular flexibility index (Phi) is 5.48. The highest BCUT2D eigenvalue weighted by Gasteiger charge is 2.25. The molecule has 0 spiro atoms. The third-order valence-electron chi connectivity index (χ3n) is 3.67.